The van der Waals surface area contributed by atoms with E-state index in [0.717, 1.165) is 30.2 Å². The topological polar surface area (TPSA) is 38.8 Å². The second-order valence-corrected chi connectivity index (χ2v) is 7.28. The largest absolute Gasteiger partial charge is 0.494 e. The zero-order valence-electron chi connectivity index (χ0n) is 16.8. The molecule has 0 aliphatic carbocycles. The monoisotopic (exact) mass is 379 g/mol. The van der Waals surface area contributed by atoms with Gasteiger partial charge in [0.1, 0.15) is 23.4 Å². The van der Waals surface area contributed by atoms with Gasteiger partial charge in [0.15, 0.2) is 0 Å². The zero-order valence-corrected chi connectivity index (χ0v) is 16.8. The molecular weight excluding hydrogens is 350 g/mol. The highest BCUT2D eigenvalue weighted by Crippen LogP contribution is 2.27. The van der Waals surface area contributed by atoms with E-state index < -0.39 is 0 Å². The molecule has 0 amide bonds. The predicted molar refractivity (Wildman–Crippen MR) is 114 cm³/mol. The summed E-state index contributed by atoms with van der Waals surface area (Å²) < 4.78 is 11.6. The molecule has 1 fully saturated rings. The third-order valence-electron chi connectivity index (χ3n) is 5.02. The number of allylic oxidation sites excluding steroid dienone is 1. The molecule has 1 aliphatic rings. The minimum Gasteiger partial charge on any atom is -0.494 e. The molecule has 0 aromatic heterocycles. The molecule has 0 radical (unpaired) electrons. The Morgan fingerprint density at radius 3 is 2.39 bits per heavy atom. The van der Waals surface area contributed by atoms with Crippen LogP contribution in [-0.4, -0.2) is 31.6 Å². The lowest BCUT2D eigenvalue weighted by Gasteiger charge is -2.40. The summed E-state index contributed by atoms with van der Waals surface area (Å²) in [7, 11) is 0. The lowest BCUT2D eigenvalue weighted by atomic mass is 9.95. The van der Waals surface area contributed by atoms with Gasteiger partial charge in [-0.25, -0.2) is 0 Å². The number of carbonyl (C=O) groups excluding carboxylic acids is 1. The summed E-state index contributed by atoms with van der Waals surface area (Å²) >= 11 is 0. The number of ketones is 1. The number of anilines is 1. The molecule has 148 valence electrons. The Morgan fingerprint density at radius 2 is 1.79 bits per heavy atom. The van der Waals surface area contributed by atoms with Gasteiger partial charge in [-0.05, 0) is 54.8 Å². The first-order valence-corrected chi connectivity index (χ1v) is 9.96. The average molecular weight is 380 g/mol. The van der Waals surface area contributed by atoms with E-state index in [-0.39, 0.29) is 17.8 Å². The maximum atomic E-state index is 11.8. The van der Waals surface area contributed by atoms with E-state index in [1.807, 2.05) is 31.2 Å². The van der Waals surface area contributed by atoms with Gasteiger partial charge in [0.25, 0.3) is 0 Å². The van der Waals surface area contributed by atoms with Crippen molar-refractivity contribution < 1.29 is 14.3 Å². The van der Waals surface area contributed by atoms with Gasteiger partial charge < -0.3 is 14.4 Å². The van der Waals surface area contributed by atoms with Crippen LogP contribution in [0, 0.1) is 0 Å². The molecule has 2 aromatic rings. The first-order chi connectivity index (χ1) is 13.6. The van der Waals surface area contributed by atoms with Crippen molar-refractivity contribution in [3.63, 3.8) is 0 Å². The van der Waals surface area contributed by atoms with Crippen molar-refractivity contribution in [3.05, 3.63) is 66.7 Å². The molecule has 4 nitrogen and oxygen atoms in total. The molecule has 3 rings (SSSR count). The van der Waals surface area contributed by atoms with Crippen LogP contribution in [0.4, 0.5) is 5.69 Å². The van der Waals surface area contributed by atoms with Crippen LogP contribution in [0.2, 0.25) is 0 Å². The number of ether oxygens (including phenoxy) is 2. The third-order valence-corrected chi connectivity index (χ3v) is 5.02. The summed E-state index contributed by atoms with van der Waals surface area (Å²) in [6.07, 6.45) is 2.86. The molecular formula is C24H29NO3. The molecule has 0 unspecified atom stereocenters. The molecule has 4 heteroatoms. The van der Waals surface area contributed by atoms with Gasteiger partial charge in [0.2, 0.25) is 0 Å². The van der Waals surface area contributed by atoms with Crippen LogP contribution in [0.15, 0.2) is 61.2 Å². The van der Waals surface area contributed by atoms with Crippen molar-refractivity contribution in [2.75, 3.05) is 24.6 Å². The summed E-state index contributed by atoms with van der Waals surface area (Å²) in [5.74, 6) is 2.22. The standard InChI is InChI=1S/C24H29NO3/c1-4-6-21(26)15-18(3)19-7-11-23(12-8-19)28-24-16-25(17-24)20-9-13-22(14-10-20)27-5-2/h4,7-14,18,24H,1,5-6,15-17H2,2-3H3/t18-/m1/s1. The van der Waals surface area contributed by atoms with Gasteiger partial charge in [-0.15, -0.1) is 6.58 Å². The Bertz CT molecular complexity index is 777. The molecule has 1 heterocycles. The second-order valence-electron chi connectivity index (χ2n) is 7.28. The smallest absolute Gasteiger partial charge is 0.137 e. The summed E-state index contributed by atoms with van der Waals surface area (Å²) in [6.45, 7) is 10.1. The number of benzene rings is 2. The van der Waals surface area contributed by atoms with Gasteiger partial charge in [-0.3, -0.25) is 4.79 Å². The maximum Gasteiger partial charge on any atom is 0.137 e. The van der Waals surface area contributed by atoms with Gasteiger partial charge in [-0.1, -0.05) is 25.1 Å². The van der Waals surface area contributed by atoms with Crippen molar-refractivity contribution in [3.8, 4) is 11.5 Å². The SMILES string of the molecule is C=CCC(=O)C[C@@H](C)c1ccc(OC2CN(c3ccc(OCC)cc3)C2)cc1. The molecule has 0 spiro atoms. The highest BCUT2D eigenvalue weighted by atomic mass is 16.5. The number of hydrogen-bond acceptors (Lipinski definition) is 4. The van der Waals surface area contributed by atoms with Crippen molar-refractivity contribution in [2.24, 2.45) is 0 Å². The molecule has 2 aromatic carbocycles. The number of hydrogen-bond donors (Lipinski definition) is 0. The fraction of sp³-hybridized carbons (Fsp3) is 0.375. The molecule has 0 saturated carbocycles. The number of carbonyl (C=O) groups is 1. The van der Waals surface area contributed by atoms with Crippen LogP contribution in [0.1, 0.15) is 38.2 Å². The van der Waals surface area contributed by atoms with Gasteiger partial charge in [0.05, 0.1) is 19.7 Å². The molecule has 0 bridgehead atoms. The van der Waals surface area contributed by atoms with E-state index in [1.54, 1.807) is 6.08 Å². The van der Waals surface area contributed by atoms with Gasteiger partial charge >= 0.3 is 0 Å². The number of nitrogens with zero attached hydrogens (tertiary/aromatic N) is 1. The summed E-state index contributed by atoms with van der Waals surface area (Å²) in [5.41, 5.74) is 2.35. The normalized spacial score (nSPS) is 14.9. The third kappa shape index (κ3) is 5.16. The quantitative estimate of drug-likeness (QED) is 0.545. The fourth-order valence-electron chi connectivity index (χ4n) is 3.41. The first-order valence-electron chi connectivity index (χ1n) is 9.96. The van der Waals surface area contributed by atoms with E-state index in [1.165, 1.54) is 5.69 Å². The molecule has 1 saturated heterocycles. The van der Waals surface area contributed by atoms with E-state index in [2.05, 4.69) is 42.7 Å². The van der Waals surface area contributed by atoms with E-state index in [4.69, 9.17) is 9.47 Å². The fourth-order valence-corrected chi connectivity index (χ4v) is 3.41. The lowest BCUT2D eigenvalue weighted by Crippen LogP contribution is -2.54. The van der Waals surface area contributed by atoms with Gasteiger partial charge in [-0.2, -0.15) is 0 Å². The Kier molecular flexibility index (Phi) is 6.75. The zero-order chi connectivity index (χ0) is 19.9. The van der Waals surface area contributed by atoms with E-state index in [9.17, 15) is 4.79 Å². The Hall–Kier alpha value is -2.75. The van der Waals surface area contributed by atoms with Gasteiger partial charge in [0, 0.05) is 18.5 Å². The Labute approximate surface area is 167 Å². The Balaban J connectivity index is 1.46. The molecule has 28 heavy (non-hydrogen) atoms. The summed E-state index contributed by atoms with van der Waals surface area (Å²) in [4.78, 5) is 14.1. The average Bonchev–Trinajstić information content (AvgIpc) is 2.66. The Morgan fingerprint density at radius 1 is 1.14 bits per heavy atom. The first kappa shape index (κ1) is 20.0. The van der Waals surface area contributed by atoms with E-state index in [0.29, 0.717) is 19.4 Å². The summed E-state index contributed by atoms with van der Waals surface area (Å²) in [5, 5.41) is 0. The van der Waals surface area contributed by atoms with Crippen LogP contribution in [0.3, 0.4) is 0 Å². The van der Waals surface area contributed by atoms with Crippen molar-refractivity contribution in [1.82, 2.24) is 0 Å². The van der Waals surface area contributed by atoms with Crippen LogP contribution in [-0.2, 0) is 4.79 Å². The molecule has 1 aliphatic heterocycles. The van der Waals surface area contributed by atoms with Crippen LogP contribution in [0.25, 0.3) is 0 Å². The van der Waals surface area contributed by atoms with Crippen molar-refractivity contribution >= 4 is 11.5 Å². The molecule has 1 atom stereocenters. The number of rotatable bonds is 10. The van der Waals surface area contributed by atoms with Crippen LogP contribution >= 0.6 is 0 Å². The predicted octanol–water partition coefficient (Wildman–Crippen LogP) is 4.99. The number of Topliss-reactive ketones (excluding diaryl/α,β-unsaturated/α-hetero) is 1. The van der Waals surface area contributed by atoms with E-state index >= 15 is 0 Å². The van der Waals surface area contributed by atoms with Crippen molar-refractivity contribution in [2.45, 2.75) is 38.7 Å². The maximum absolute atomic E-state index is 11.8. The van der Waals surface area contributed by atoms with Crippen LogP contribution < -0.4 is 14.4 Å². The van der Waals surface area contributed by atoms with Crippen LogP contribution in [0.5, 0.6) is 11.5 Å². The van der Waals surface area contributed by atoms with Crippen molar-refractivity contribution in [1.29, 1.82) is 0 Å². The lowest BCUT2D eigenvalue weighted by molar-refractivity contribution is -0.118. The highest BCUT2D eigenvalue weighted by Gasteiger charge is 2.28. The summed E-state index contributed by atoms with van der Waals surface area (Å²) in [6, 6.07) is 16.3. The minimum absolute atomic E-state index is 0.198. The highest BCUT2D eigenvalue weighted by molar-refractivity contribution is 5.80. The minimum atomic E-state index is 0.198. The molecule has 0 N–H and O–H groups in total. The second kappa shape index (κ2) is 9.45.